The predicted molar refractivity (Wildman–Crippen MR) is 121 cm³/mol. The molecule has 0 radical (unpaired) electrons. The molecule has 1 aromatic carbocycles. The van der Waals surface area contributed by atoms with Gasteiger partial charge in [0.05, 0.1) is 31.6 Å². The van der Waals surface area contributed by atoms with E-state index >= 15 is 0 Å². The second-order valence-corrected chi connectivity index (χ2v) is 7.74. The zero-order valence-electron chi connectivity index (χ0n) is 17.7. The van der Waals surface area contributed by atoms with Gasteiger partial charge in [-0.25, -0.2) is 9.50 Å². The van der Waals surface area contributed by atoms with Crippen LogP contribution in [0.2, 0.25) is 5.02 Å². The zero-order chi connectivity index (χ0) is 22.7. The molecule has 0 saturated carbocycles. The van der Waals surface area contributed by atoms with E-state index in [1.807, 2.05) is 6.92 Å². The molecule has 9 nitrogen and oxygen atoms in total. The van der Waals surface area contributed by atoms with Gasteiger partial charge in [-0.3, -0.25) is 9.48 Å². The van der Waals surface area contributed by atoms with E-state index in [1.165, 1.54) is 10.7 Å². The maximum Gasteiger partial charge on any atom is 0.261 e. The normalized spacial score (nSPS) is 12.1. The third-order valence-electron chi connectivity index (χ3n) is 4.97. The van der Waals surface area contributed by atoms with Gasteiger partial charge in [-0.15, -0.1) is 0 Å². The Hall–Kier alpha value is -3.43. The number of halogens is 1. The first-order valence-electron chi connectivity index (χ1n) is 10.2. The first-order valence-corrected chi connectivity index (χ1v) is 10.6. The molecule has 3 aromatic heterocycles. The van der Waals surface area contributed by atoms with E-state index in [0.717, 1.165) is 6.42 Å². The number of hydrogen-bond acceptors (Lipinski definition) is 6. The molecular formula is C22H23ClN6O3. The Morgan fingerprint density at radius 3 is 3.00 bits per heavy atom. The van der Waals surface area contributed by atoms with Gasteiger partial charge in [-0.05, 0) is 30.7 Å². The van der Waals surface area contributed by atoms with E-state index in [4.69, 9.17) is 16.3 Å². The topological polar surface area (TPSA) is 107 Å². The maximum absolute atomic E-state index is 13.1. The maximum atomic E-state index is 13.1. The molecule has 0 spiro atoms. The smallest absolute Gasteiger partial charge is 0.261 e. The molecular weight excluding hydrogens is 432 g/mol. The first kappa shape index (κ1) is 21.8. The summed E-state index contributed by atoms with van der Waals surface area (Å²) in [5.41, 5.74) is 2.32. The van der Waals surface area contributed by atoms with Crippen molar-refractivity contribution in [1.29, 1.82) is 0 Å². The Bertz CT molecular complexity index is 1250. The van der Waals surface area contributed by atoms with Crippen molar-refractivity contribution < 1.29 is 14.6 Å². The zero-order valence-corrected chi connectivity index (χ0v) is 18.5. The fourth-order valence-corrected chi connectivity index (χ4v) is 3.66. The molecule has 0 aliphatic heterocycles. The van der Waals surface area contributed by atoms with Crippen molar-refractivity contribution in [3.8, 4) is 17.0 Å². The highest BCUT2D eigenvalue weighted by molar-refractivity contribution is 6.31. The number of nitrogens with zero attached hydrogens (tertiary/aromatic N) is 5. The van der Waals surface area contributed by atoms with Crippen molar-refractivity contribution in [3.63, 3.8) is 0 Å². The number of nitrogens with one attached hydrogen (secondary N) is 1. The van der Waals surface area contributed by atoms with Crippen LogP contribution in [0.15, 0.2) is 49.1 Å². The first-order chi connectivity index (χ1) is 15.5. The van der Waals surface area contributed by atoms with E-state index in [1.54, 1.807) is 54.6 Å². The van der Waals surface area contributed by atoms with Crippen LogP contribution in [0.5, 0.6) is 5.75 Å². The minimum absolute atomic E-state index is 0.290. The Morgan fingerprint density at radius 1 is 1.38 bits per heavy atom. The number of fused-ring (bicyclic) bond motifs is 1. The summed E-state index contributed by atoms with van der Waals surface area (Å²) in [6, 6.07) is 6.91. The van der Waals surface area contributed by atoms with Gasteiger partial charge in [0.1, 0.15) is 17.0 Å². The highest BCUT2D eigenvalue weighted by atomic mass is 35.5. The summed E-state index contributed by atoms with van der Waals surface area (Å²) in [6.45, 7) is 2.29. The standard InChI is InChI=1S/C22H23ClN6O3/c1-3-5-15(30)12-28-13-18(20(27-28)16-10-14(23)6-7-19(16)32-2)26-22(31)17-11-25-29-9-4-8-24-21(17)29/h4,6-11,13,15,30H,3,5,12H2,1-2H3,(H,26,31)/t15-/m1/s1. The molecule has 2 N–H and O–H groups in total. The van der Waals surface area contributed by atoms with Gasteiger partial charge < -0.3 is 15.2 Å². The molecule has 3 heterocycles. The number of benzene rings is 1. The summed E-state index contributed by atoms with van der Waals surface area (Å²) < 4.78 is 8.62. The molecule has 0 aliphatic carbocycles. The second kappa shape index (κ2) is 9.37. The van der Waals surface area contributed by atoms with Gasteiger partial charge in [-0.2, -0.15) is 10.2 Å². The molecule has 32 heavy (non-hydrogen) atoms. The minimum atomic E-state index is -0.554. The van der Waals surface area contributed by atoms with Crippen LogP contribution < -0.4 is 10.1 Å². The monoisotopic (exact) mass is 454 g/mol. The molecule has 0 saturated heterocycles. The van der Waals surface area contributed by atoms with Crippen LogP contribution in [0.25, 0.3) is 16.9 Å². The van der Waals surface area contributed by atoms with Gasteiger partial charge in [0, 0.05) is 29.2 Å². The van der Waals surface area contributed by atoms with E-state index in [9.17, 15) is 9.90 Å². The van der Waals surface area contributed by atoms with Gasteiger partial charge >= 0.3 is 0 Å². The van der Waals surface area contributed by atoms with E-state index in [0.29, 0.717) is 45.3 Å². The van der Waals surface area contributed by atoms with Crippen LogP contribution in [0.3, 0.4) is 0 Å². The largest absolute Gasteiger partial charge is 0.496 e. The third-order valence-corrected chi connectivity index (χ3v) is 5.21. The number of aromatic nitrogens is 5. The molecule has 0 bridgehead atoms. The van der Waals surface area contributed by atoms with Crippen molar-refractivity contribution in [2.24, 2.45) is 0 Å². The fraction of sp³-hybridized carbons (Fsp3) is 0.273. The summed E-state index contributed by atoms with van der Waals surface area (Å²) in [5, 5.41) is 22.4. The summed E-state index contributed by atoms with van der Waals surface area (Å²) in [4.78, 5) is 17.3. The summed E-state index contributed by atoms with van der Waals surface area (Å²) in [5.74, 6) is 0.177. The van der Waals surface area contributed by atoms with Gasteiger partial charge in [0.25, 0.3) is 5.91 Å². The Labute approximate surface area is 189 Å². The third kappa shape index (κ3) is 4.44. The summed E-state index contributed by atoms with van der Waals surface area (Å²) in [6.07, 6.45) is 7.41. The SMILES string of the molecule is CCC[C@@H](O)Cn1cc(NC(=O)c2cnn3cccnc23)c(-c2cc(Cl)ccc2OC)n1. The lowest BCUT2D eigenvalue weighted by molar-refractivity contribution is 0.102. The van der Waals surface area contributed by atoms with Crippen LogP contribution in [-0.2, 0) is 6.54 Å². The Kier molecular flexibility index (Phi) is 6.38. The van der Waals surface area contributed by atoms with E-state index in [2.05, 4.69) is 20.5 Å². The van der Waals surface area contributed by atoms with Crippen LogP contribution in [0, 0.1) is 0 Å². The van der Waals surface area contributed by atoms with Crippen molar-refractivity contribution in [2.75, 3.05) is 12.4 Å². The number of rotatable bonds is 8. The molecule has 4 aromatic rings. The highest BCUT2D eigenvalue weighted by Crippen LogP contribution is 2.36. The highest BCUT2D eigenvalue weighted by Gasteiger charge is 2.21. The van der Waals surface area contributed by atoms with Crippen LogP contribution >= 0.6 is 11.6 Å². The van der Waals surface area contributed by atoms with Gasteiger partial charge in [0.15, 0.2) is 5.65 Å². The molecule has 0 unspecified atom stereocenters. The predicted octanol–water partition coefficient (Wildman–Crippen LogP) is 3.67. The quantitative estimate of drug-likeness (QED) is 0.420. The van der Waals surface area contributed by atoms with E-state index < -0.39 is 6.10 Å². The molecule has 166 valence electrons. The van der Waals surface area contributed by atoms with Crippen molar-refractivity contribution in [2.45, 2.75) is 32.4 Å². The fourth-order valence-electron chi connectivity index (χ4n) is 3.49. The number of aliphatic hydroxyl groups excluding tert-OH is 1. The number of amides is 1. The van der Waals surface area contributed by atoms with Crippen molar-refractivity contribution in [3.05, 3.63) is 59.6 Å². The Balaban J connectivity index is 1.73. The lowest BCUT2D eigenvalue weighted by atomic mass is 10.1. The van der Waals surface area contributed by atoms with Crippen LogP contribution in [-0.4, -0.2) is 48.6 Å². The number of anilines is 1. The van der Waals surface area contributed by atoms with Crippen LogP contribution in [0.1, 0.15) is 30.1 Å². The number of carbonyl (C=O) groups is 1. The van der Waals surface area contributed by atoms with Crippen molar-refractivity contribution >= 4 is 28.8 Å². The lowest BCUT2D eigenvalue weighted by Gasteiger charge is -2.10. The van der Waals surface area contributed by atoms with Crippen LogP contribution in [0.4, 0.5) is 5.69 Å². The van der Waals surface area contributed by atoms with Crippen molar-refractivity contribution in [1.82, 2.24) is 24.4 Å². The lowest BCUT2D eigenvalue weighted by Crippen LogP contribution is -2.16. The number of methoxy groups -OCH3 is 1. The van der Waals surface area contributed by atoms with Gasteiger partial charge in [0.2, 0.25) is 0 Å². The second-order valence-electron chi connectivity index (χ2n) is 7.30. The average Bonchev–Trinajstić information content (AvgIpc) is 3.38. The average molecular weight is 455 g/mol. The minimum Gasteiger partial charge on any atom is -0.496 e. The molecule has 4 rings (SSSR count). The number of ether oxygens (including phenoxy) is 1. The summed E-state index contributed by atoms with van der Waals surface area (Å²) in [7, 11) is 1.55. The number of hydrogen-bond donors (Lipinski definition) is 2. The molecule has 10 heteroatoms. The van der Waals surface area contributed by atoms with Gasteiger partial charge in [-0.1, -0.05) is 24.9 Å². The molecule has 1 amide bonds. The molecule has 0 aliphatic rings. The molecule has 1 atom stereocenters. The molecule has 0 fully saturated rings. The number of carbonyl (C=O) groups excluding carboxylic acids is 1. The summed E-state index contributed by atoms with van der Waals surface area (Å²) >= 11 is 6.22. The van der Waals surface area contributed by atoms with E-state index in [-0.39, 0.29) is 12.5 Å². The number of aliphatic hydroxyl groups is 1. The Morgan fingerprint density at radius 2 is 2.22 bits per heavy atom.